The van der Waals surface area contributed by atoms with Gasteiger partial charge in [-0.1, -0.05) is 0 Å². The van der Waals surface area contributed by atoms with Crippen molar-refractivity contribution in [3.8, 4) is 0 Å². The Morgan fingerprint density at radius 1 is 1.16 bits per heavy atom. The van der Waals surface area contributed by atoms with E-state index in [1.54, 1.807) is 0 Å². The molecule has 0 spiro atoms. The fourth-order valence-electron chi connectivity index (χ4n) is 2.12. The van der Waals surface area contributed by atoms with Crippen LogP contribution in [0.25, 0.3) is 0 Å². The summed E-state index contributed by atoms with van der Waals surface area (Å²) in [7, 11) is 0. The topological polar surface area (TPSA) is 32.3 Å². The second-order valence-corrected chi connectivity index (χ2v) is 4.56. The summed E-state index contributed by atoms with van der Waals surface area (Å²) < 4.78 is 38.7. The van der Waals surface area contributed by atoms with Crippen molar-refractivity contribution in [2.24, 2.45) is 0 Å². The molecule has 1 aromatic carbocycles. The van der Waals surface area contributed by atoms with Crippen LogP contribution in [0.5, 0.6) is 0 Å². The molecule has 3 nitrogen and oxygen atoms in total. The Bertz CT molecular complexity index is 450. The molecule has 0 aliphatic carbocycles. The molecule has 1 N–H and O–H groups in total. The molecule has 0 bridgehead atoms. The molecule has 0 unspecified atom stereocenters. The standard InChI is InChI=1S/C13H15F3N2O/c14-10-7-9(8-11(15)12(10)16)13(19)17-3-6-18-4-1-2-5-18/h7-8H,1-6H2,(H,17,19). The first-order valence-electron chi connectivity index (χ1n) is 6.23. The summed E-state index contributed by atoms with van der Waals surface area (Å²) in [5.74, 6) is -4.88. The van der Waals surface area contributed by atoms with Gasteiger partial charge in [0.2, 0.25) is 0 Å². The fraction of sp³-hybridized carbons (Fsp3) is 0.462. The summed E-state index contributed by atoms with van der Waals surface area (Å²) in [5, 5.41) is 2.56. The average Bonchev–Trinajstić information content (AvgIpc) is 2.88. The molecule has 104 valence electrons. The summed E-state index contributed by atoms with van der Waals surface area (Å²) in [6.45, 7) is 3.13. The van der Waals surface area contributed by atoms with Gasteiger partial charge in [-0.25, -0.2) is 13.2 Å². The van der Waals surface area contributed by atoms with Gasteiger partial charge in [0.25, 0.3) is 5.91 Å². The van der Waals surface area contributed by atoms with E-state index in [2.05, 4.69) is 10.2 Å². The molecule has 1 amide bonds. The van der Waals surface area contributed by atoms with Gasteiger partial charge in [0, 0.05) is 18.7 Å². The monoisotopic (exact) mass is 272 g/mol. The Balaban J connectivity index is 1.88. The zero-order valence-corrected chi connectivity index (χ0v) is 10.4. The third-order valence-corrected chi connectivity index (χ3v) is 3.16. The number of benzene rings is 1. The highest BCUT2D eigenvalue weighted by atomic mass is 19.2. The first-order chi connectivity index (χ1) is 9.08. The van der Waals surface area contributed by atoms with Gasteiger partial charge in [-0.15, -0.1) is 0 Å². The molecule has 1 saturated heterocycles. The predicted molar refractivity (Wildman–Crippen MR) is 64.3 cm³/mol. The lowest BCUT2D eigenvalue weighted by Gasteiger charge is -2.14. The molecular formula is C13H15F3N2O. The molecule has 1 aliphatic heterocycles. The number of carbonyl (C=O) groups is 1. The molecule has 0 aromatic heterocycles. The highest BCUT2D eigenvalue weighted by Crippen LogP contribution is 2.13. The number of halogens is 3. The van der Waals surface area contributed by atoms with Crippen LogP contribution in [0, 0.1) is 17.5 Å². The van der Waals surface area contributed by atoms with Gasteiger partial charge in [-0.05, 0) is 38.1 Å². The maximum Gasteiger partial charge on any atom is 0.251 e. The van der Waals surface area contributed by atoms with E-state index in [0.717, 1.165) is 25.9 Å². The quantitative estimate of drug-likeness (QED) is 0.849. The van der Waals surface area contributed by atoms with E-state index in [9.17, 15) is 18.0 Å². The normalized spacial score (nSPS) is 15.7. The number of carbonyl (C=O) groups excluding carboxylic acids is 1. The van der Waals surface area contributed by atoms with Crippen molar-refractivity contribution in [3.05, 3.63) is 35.1 Å². The van der Waals surface area contributed by atoms with E-state index >= 15 is 0 Å². The molecule has 0 radical (unpaired) electrons. The van der Waals surface area contributed by atoms with Crippen LogP contribution in [-0.4, -0.2) is 37.0 Å². The summed E-state index contributed by atoms with van der Waals surface area (Å²) >= 11 is 0. The second-order valence-electron chi connectivity index (χ2n) is 4.56. The Morgan fingerprint density at radius 3 is 2.32 bits per heavy atom. The minimum absolute atomic E-state index is 0.210. The molecule has 1 heterocycles. The van der Waals surface area contributed by atoms with Crippen LogP contribution >= 0.6 is 0 Å². The summed E-state index contributed by atoms with van der Waals surface area (Å²) in [6.07, 6.45) is 2.31. The summed E-state index contributed by atoms with van der Waals surface area (Å²) in [5.41, 5.74) is -0.210. The molecule has 19 heavy (non-hydrogen) atoms. The summed E-state index contributed by atoms with van der Waals surface area (Å²) in [6, 6.07) is 1.40. The number of nitrogens with zero attached hydrogens (tertiary/aromatic N) is 1. The van der Waals surface area contributed by atoms with Crippen LogP contribution in [0.2, 0.25) is 0 Å². The minimum atomic E-state index is -1.56. The SMILES string of the molecule is O=C(NCCN1CCCC1)c1cc(F)c(F)c(F)c1. The number of hydrogen-bond acceptors (Lipinski definition) is 2. The number of nitrogens with one attached hydrogen (secondary N) is 1. The molecule has 2 rings (SSSR count). The lowest BCUT2D eigenvalue weighted by atomic mass is 10.2. The van der Waals surface area contributed by atoms with Crippen molar-refractivity contribution in [3.63, 3.8) is 0 Å². The highest BCUT2D eigenvalue weighted by Gasteiger charge is 2.15. The van der Waals surface area contributed by atoms with Crippen molar-refractivity contribution < 1.29 is 18.0 Å². The van der Waals surface area contributed by atoms with Crippen LogP contribution in [0.4, 0.5) is 13.2 Å². The van der Waals surface area contributed by atoms with Crippen molar-refractivity contribution in [1.29, 1.82) is 0 Å². The number of likely N-dealkylation sites (tertiary alicyclic amines) is 1. The molecular weight excluding hydrogens is 257 g/mol. The maximum absolute atomic E-state index is 13.0. The van der Waals surface area contributed by atoms with Crippen molar-refractivity contribution >= 4 is 5.91 Å². The summed E-state index contributed by atoms with van der Waals surface area (Å²) in [4.78, 5) is 13.8. The second kappa shape index (κ2) is 6.06. The Hall–Kier alpha value is -1.56. The fourth-order valence-corrected chi connectivity index (χ4v) is 2.12. The highest BCUT2D eigenvalue weighted by molar-refractivity contribution is 5.94. The van der Waals surface area contributed by atoms with Gasteiger partial charge < -0.3 is 10.2 Å². The van der Waals surface area contributed by atoms with E-state index in [0.29, 0.717) is 25.2 Å². The Morgan fingerprint density at radius 2 is 1.74 bits per heavy atom. The van der Waals surface area contributed by atoms with E-state index in [1.807, 2.05) is 0 Å². The lowest BCUT2D eigenvalue weighted by Crippen LogP contribution is -2.33. The molecule has 6 heteroatoms. The maximum atomic E-state index is 13.0. The molecule has 1 aliphatic rings. The van der Waals surface area contributed by atoms with E-state index in [4.69, 9.17) is 0 Å². The van der Waals surface area contributed by atoms with Crippen molar-refractivity contribution in [2.45, 2.75) is 12.8 Å². The van der Waals surface area contributed by atoms with Gasteiger partial charge in [0.15, 0.2) is 17.5 Å². The van der Waals surface area contributed by atoms with Crippen LogP contribution in [-0.2, 0) is 0 Å². The first kappa shape index (κ1) is 13.9. The van der Waals surface area contributed by atoms with E-state index in [1.165, 1.54) is 0 Å². The smallest absolute Gasteiger partial charge is 0.251 e. The van der Waals surface area contributed by atoms with E-state index in [-0.39, 0.29) is 5.56 Å². The average molecular weight is 272 g/mol. The van der Waals surface area contributed by atoms with Crippen LogP contribution in [0.1, 0.15) is 23.2 Å². The Kier molecular flexibility index (Phi) is 4.42. The molecule has 1 fully saturated rings. The van der Waals surface area contributed by atoms with Crippen LogP contribution in [0.15, 0.2) is 12.1 Å². The number of rotatable bonds is 4. The Labute approximate surface area is 109 Å². The van der Waals surface area contributed by atoms with E-state index < -0.39 is 23.4 Å². The first-order valence-corrected chi connectivity index (χ1v) is 6.23. The van der Waals surface area contributed by atoms with Gasteiger partial charge in [-0.3, -0.25) is 4.79 Å². The lowest BCUT2D eigenvalue weighted by molar-refractivity contribution is 0.0948. The minimum Gasteiger partial charge on any atom is -0.351 e. The number of amides is 1. The molecule has 0 atom stereocenters. The van der Waals surface area contributed by atoms with Gasteiger partial charge in [0.1, 0.15) is 0 Å². The third kappa shape index (κ3) is 3.47. The van der Waals surface area contributed by atoms with Crippen molar-refractivity contribution in [1.82, 2.24) is 10.2 Å². The number of hydrogen-bond donors (Lipinski definition) is 1. The zero-order chi connectivity index (χ0) is 13.8. The van der Waals surface area contributed by atoms with Gasteiger partial charge >= 0.3 is 0 Å². The molecule has 0 saturated carbocycles. The molecule has 1 aromatic rings. The van der Waals surface area contributed by atoms with Gasteiger partial charge in [-0.2, -0.15) is 0 Å². The van der Waals surface area contributed by atoms with Crippen molar-refractivity contribution in [2.75, 3.05) is 26.2 Å². The third-order valence-electron chi connectivity index (χ3n) is 3.16. The van der Waals surface area contributed by atoms with Gasteiger partial charge in [0.05, 0.1) is 0 Å². The zero-order valence-electron chi connectivity index (χ0n) is 10.4. The van der Waals surface area contributed by atoms with Crippen LogP contribution in [0.3, 0.4) is 0 Å². The predicted octanol–water partition coefficient (Wildman–Crippen LogP) is 1.93. The largest absolute Gasteiger partial charge is 0.351 e. The van der Waals surface area contributed by atoms with Crippen LogP contribution < -0.4 is 5.32 Å².